The Kier molecular flexibility index (Phi) is 4.19. The lowest BCUT2D eigenvalue weighted by Crippen LogP contribution is -2.19. The Morgan fingerprint density at radius 2 is 2.46 bits per heavy atom. The molecule has 0 spiro atoms. The molecule has 1 heterocycles. The van der Waals surface area contributed by atoms with Crippen LogP contribution in [0.15, 0.2) is 30.6 Å². The molecule has 2 heteroatoms. The molecule has 0 amide bonds. The topological polar surface area (TPSA) is 24.9 Å². The Morgan fingerprint density at radius 3 is 3.08 bits per heavy atom. The van der Waals surface area contributed by atoms with Crippen molar-refractivity contribution in [2.75, 3.05) is 7.05 Å². The Morgan fingerprint density at radius 1 is 1.62 bits per heavy atom. The third-order valence-corrected chi connectivity index (χ3v) is 1.98. The molecule has 0 saturated carbocycles. The van der Waals surface area contributed by atoms with Crippen LogP contribution >= 0.6 is 0 Å². The summed E-state index contributed by atoms with van der Waals surface area (Å²) in [5.41, 5.74) is 1.16. The Hall–Kier alpha value is -1.15. The number of nitrogens with one attached hydrogen (secondary N) is 1. The normalized spacial score (nSPS) is 13.4. The summed E-state index contributed by atoms with van der Waals surface area (Å²) in [5.74, 6) is 0. The molecule has 0 aliphatic rings. The SMILES string of the molecule is CN[C@H](C)CC=Cc1cccnc1. The van der Waals surface area contributed by atoms with Gasteiger partial charge in [-0.25, -0.2) is 0 Å². The summed E-state index contributed by atoms with van der Waals surface area (Å²) in [5, 5.41) is 3.18. The Labute approximate surface area is 79.7 Å². The van der Waals surface area contributed by atoms with E-state index in [2.05, 4.69) is 29.4 Å². The van der Waals surface area contributed by atoms with Gasteiger partial charge in [0.1, 0.15) is 0 Å². The predicted octanol–water partition coefficient (Wildman–Crippen LogP) is 2.09. The summed E-state index contributed by atoms with van der Waals surface area (Å²) in [6.07, 6.45) is 8.96. The van der Waals surface area contributed by atoms with E-state index in [-0.39, 0.29) is 0 Å². The first-order chi connectivity index (χ1) is 6.33. The Bertz CT molecular complexity index is 254. The summed E-state index contributed by atoms with van der Waals surface area (Å²) in [6.45, 7) is 2.16. The van der Waals surface area contributed by atoms with Gasteiger partial charge < -0.3 is 5.32 Å². The van der Waals surface area contributed by atoms with Crippen LogP contribution in [0.2, 0.25) is 0 Å². The van der Waals surface area contributed by atoms with Crippen molar-refractivity contribution < 1.29 is 0 Å². The fraction of sp³-hybridized carbons (Fsp3) is 0.364. The van der Waals surface area contributed by atoms with Crippen molar-refractivity contribution in [3.63, 3.8) is 0 Å². The van der Waals surface area contributed by atoms with Crippen LogP contribution in [-0.4, -0.2) is 18.1 Å². The summed E-state index contributed by atoms with van der Waals surface area (Å²) in [6, 6.07) is 4.53. The molecule has 0 unspecified atom stereocenters. The maximum Gasteiger partial charge on any atom is 0.0340 e. The van der Waals surface area contributed by atoms with Gasteiger partial charge in [0, 0.05) is 18.4 Å². The molecular formula is C11H16N2. The maximum atomic E-state index is 4.04. The highest BCUT2D eigenvalue weighted by Crippen LogP contribution is 2.00. The van der Waals surface area contributed by atoms with Crippen LogP contribution < -0.4 is 5.32 Å². The molecule has 1 N–H and O–H groups in total. The van der Waals surface area contributed by atoms with E-state index in [9.17, 15) is 0 Å². The Balaban J connectivity index is 2.41. The fourth-order valence-corrected chi connectivity index (χ4v) is 1.00. The molecule has 0 fully saturated rings. The average Bonchev–Trinajstić information content (AvgIpc) is 2.19. The monoisotopic (exact) mass is 176 g/mol. The van der Waals surface area contributed by atoms with Crippen molar-refractivity contribution in [1.82, 2.24) is 10.3 Å². The van der Waals surface area contributed by atoms with Gasteiger partial charge in [0.2, 0.25) is 0 Å². The van der Waals surface area contributed by atoms with Gasteiger partial charge in [0.25, 0.3) is 0 Å². The van der Waals surface area contributed by atoms with E-state index in [1.807, 2.05) is 25.4 Å². The zero-order valence-corrected chi connectivity index (χ0v) is 8.20. The van der Waals surface area contributed by atoms with Gasteiger partial charge in [0.15, 0.2) is 0 Å². The predicted molar refractivity (Wildman–Crippen MR) is 56.4 cm³/mol. The molecule has 0 aliphatic heterocycles. The number of nitrogens with zero attached hydrogens (tertiary/aromatic N) is 1. The molecule has 1 rings (SSSR count). The minimum Gasteiger partial charge on any atom is -0.317 e. The first kappa shape index (κ1) is 9.93. The number of hydrogen-bond acceptors (Lipinski definition) is 2. The number of pyridine rings is 1. The highest BCUT2D eigenvalue weighted by atomic mass is 14.8. The van der Waals surface area contributed by atoms with Gasteiger partial charge in [0.05, 0.1) is 0 Å². The van der Waals surface area contributed by atoms with Crippen molar-refractivity contribution >= 4 is 6.08 Å². The molecule has 0 aliphatic carbocycles. The lowest BCUT2D eigenvalue weighted by atomic mass is 10.2. The van der Waals surface area contributed by atoms with Crippen LogP contribution in [0.25, 0.3) is 6.08 Å². The molecule has 70 valence electrons. The van der Waals surface area contributed by atoms with Gasteiger partial charge in [-0.3, -0.25) is 4.98 Å². The third kappa shape index (κ3) is 3.85. The maximum absolute atomic E-state index is 4.04. The van der Waals surface area contributed by atoms with E-state index >= 15 is 0 Å². The van der Waals surface area contributed by atoms with Gasteiger partial charge >= 0.3 is 0 Å². The molecule has 0 saturated heterocycles. The molecule has 1 atom stereocenters. The van der Waals surface area contributed by atoms with Gasteiger partial charge in [-0.15, -0.1) is 0 Å². The molecule has 1 aromatic rings. The summed E-state index contributed by atoms with van der Waals surface area (Å²) >= 11 is 0. The van der Waals surface area contributed by atoms with E-state index in [4.69, 9.17) is 0 Å². The fourth-order valence-electron chi connectivity index (χ4n) is 1.00. The van der Waals surface area contributed by atoms with Crippen molar-refractivity contribution in [3.8, 4) is 0 Å². The van der Waals surface area contributed by atoms with Crippen molar-refractivity contribution in [1.29, 1.82) is 0 Å². The third-order valence-electron chi connectivity index (χ3n) is 1.98. The second kappa shape index (κ2) is 5.49. The lowest BCUT2D eigenvalue weighted by molar-refractivity contribution is 0.621. The second-order valence-corrected chi connectivity index (χ2v) is 3.11. The minimum absolute atomic E-state index is 0.535. The van der Waals surface area contributed by atoms with Crippen molar-refractivity contribution in [2.24, 2.45) is 0 Å². The van der Waals surface area contributed by atoms with E-state index < -0.39 is 0 Å². The minimum atomic E-state index is 0.535. The van der Waals surface area contributed by atoms with Crippen molar-refractivity contribution in [2.45, 2.75) is 19.4 Å². The number of hydrogen-bond donors (Lipinski definition) is 1. The van der Waals surface area contributed by atoms with Gasteiger partial charge in [-0.2, -0.15) is 0 Å². The van der Waals surface area contributed by atoms with Crippen LogP contribution in [-0.2, 0) is 0 Å². The van der Waals surface area contributed by atoms with E-state index in [0.29, 0.717) is 6.04 Å². The van der Waals surface area contributed by atoms with Crippen LogP contribution in [0.3, 0.4) is 0 Å². The standard InChI is InChI=1S/C11H16N2/c1-10(12-2)5-3-6-11-7-4-8-13-9-11/h3-4,6-10,12H,5H2,1-2H3/t10-/m1/s1. The van der Waals surface area contributed by atoms with Crippen LogP contribution in [0.4, 0.5) is 0 Å². The number of aromatic nitrogens is 1. The highest BCUT2D eigenvalue weighted by Gasteiger charge is 1.91. The largest absolute Gasteiger partial charge is 0.317 e. The first-order valence-corrected chi connectivity index (χ1v) is 4.56. The molecule has 0 aromatic carbocycles. The second-order valence-electron chi connectivity index (χ2n) is 3.11. The van der Waals surface area contributed by atoms with Crippen LogP contribution in [0.1, 0.15) is 18.9 Å². The molecular weight excluding hydrogens is 160 g/mol. The lowest BCUT2D eigenvalue weighted by Gasteiger charge is -2.04. The van der Waals surface area contributed by atoms with E-state index in [1.54, 1.807) is 6.20 Å². The quantitative estimate of drug-likeness (QED) is 0.760. The highest BCUT2D eigenvalue weighted by molar-refractivity contribution is 5.47. The molecule has 2 nitrogen and oxygen atoms in total. The smallest absolute Gasteiger partial charge is 0.0340 e. The van der Waals surface area contributed by atoms with Gasteiger partial charge in [-0.05, 0) is 32.0 Å². The first-order valence-electron chi connectivity index (χ1n) is 4.56. The van der Waals surface area contributed by atoms with E-state index in [1.165, 1.54) is 0 Å². The van der Waals surface area contributed by atoms with Crippen LogP contribution in [0.5, 0.6) is 0 Å². The zero-order chi connectivity index (χ0) is 9.52. The molecule has 13 heavy (non-hydrogen) atoms. The summed E-state index contributed by atoms with van der Waals surface area (Å²) < 4.78 is 0. The van der Waals surface area contributed by atoms with Crippen molar-refractivity contribution in [3.05, 3.63) is 36.2 Å². The number of rotatable bonds is 4. The molecule has 1 aromatic heterocycles. The molecule has 0 radical (unpaired) electrons. The summed E-state index contributed by atoms with van der Waals surface area (Å²) in [4.78, 5) is 4.04. The molecule has 0 bridgehead atoms. The van der Waals surface area contributed by atoms with Crippen LogP contribution in [0, 0.1) is 0 Å². The van der Waals surface area contributed by atoms with Gasteiger partial charge in [-0.1, -0.05) is 18.2 Å². The average molecular weight is 176 g/mol. The van der Waals surface area contributed by atoms with E-state index in [0.717, 1.165) is 12.0 Å². The summed E-state index contributed by atoms with van der Waals surface area (Å²) in [7, 11) is 1.97. The zero-order valence-electron chi connectivity index (χ0n) is 8.20.